The van der Waals surface area contributed by atoms with E-state index in [2.05, 4.69) is 5.32 Å². The minimum absolute atomic E-state index is 0.252. The van der Waals surface area contributed by atoms with E-state index in [4.69, 9.17) is 0 Å². The molecule has 4 nitrogen and oxygen atoms in total. The van der Waals surface area contributed by atoms with Crippen LogP contribution in [0.25, 0.3) is 0 Å². The van der Waals surface area contributed by atoms with E-state index in [1.54, 1.807) is 24.3 Å². The van der Waals surface area contributed by atoms with Crippen LogP contribution < -0.4 is 10.2 Å². The van der Waals surface area contributed by atoms with Crippen molar-refractivity contribution >= 4 is 23.2 Å². The summed E-state index contributed by atoms with van der Waals surface area (Å²) in [5.41, 5.74) is 1.16. The van der Waals surface area contributed by atoms with Gasteiger partial charge in [0.2, 0.25) is 5.91 Å². The first kappa shape index (κ1) is 18.0. The van der Waals surface area contributed by atoms with Gasteiger partial charge in [-0.25, -0.2) is 0 Å². The van der Waals surface area contributed by atoms with Gasteiger partial charge in [-0.3, -0.25) is 9.59 Å². The number of hydrogen-bond acceptors (Lipinski definition) is 2. The zero-order valence-electron chi connectivity index (χ0n) is 14.1. The first-order valence-corrected chi connectivity index (χ1v) is 8.15. The van der Waals surface area contributed by atoms with E-state index in [0.29, 0.717) is 41.9 Å². The Morgan fingerprint density at radius 1 is 1.12 bits per heavy atom. The molecule has 26 heavy (non-hydrogen) atoms. The SMILES string of the molecule is CC(=O)Nc1cccc(C(=O)N2CCCc3cc(C(F)(F)F)ccc32)c1. The Labute approximate surface area is 148 Å². The third kappa shape index (κ3) is 3.71. The first-order chi connectivity index (χ1) is 12.3. The number of hydrogen-bond donors (Lipinski definition) is 1. The third-order valence-corrected chi connectivity index (χ3v) is 4.20. The van der Waals surface area contributed by atoms with Gasteiger partial charge in [-0.15, -0.1) is 0 Å². The van der Waals surface area contributed by atoms with Crippen molar-refractivity contribution in [3.05, 3.63) is 59.2 Å². The van der Waals surface area contributed by atoms with Gasteiger partial charge in [0.25, 0.3) is 5.91 Å². The van der Waals surface area contributed by atoms with Gasteiger partial charge in [-0.1, -0.05) is 6.07 Å². The Morgan fingerprint density at radius 3 is 2.58 bits per heavy atom. The summed E-state index contributed by atoms with van der Waals surface area (Å²) in [4.78, 5) is 25.5. The number of amides is 2. The fourth-order valence-electron chi connectivity index (χ4n) is 3.07. The molecule has 0 aliphatic carbocycles. The zero-order chi connectivity index (χ0) is 18.9. The van der Waals surface area contributed by atoms with Crippen molar-refractivity contribution in [3.63, 3.8) is 0 Å². The fraction of sp³-hybridized carbons (Fsp3) is 0.263. The van der Waals surface area contributed by atoms with E-state index in [0.717, 1.165) is 12.1 Å². The predicted octanol–water partition coefficient (Wildman–Crippen LogP) is 4.26. The van der Waals surface area contributed by atoms with Crippen LogP contribution in [0.1, 0.15) is 34.8 Å². The molecule has 0 spiro atoms. The smallest absolute Gasteiger partial charge is 0.326 e. The molecule has 3 rings (SSSR count). The second kappa shape index (κ2) is 6.82. The van der Waals surface area contributed by atoms with Crippen molar-refractivity contribution in [1.29, 1.82) is 0 Å². The molecule has 136 valence electrons. The number of aryl methyl sites for hydroxylation is 1. The van der Waals surface area contributed by atoms with Gasteiger partial charge in [0.05, 0.1) is 5.56 Å². The summed E-state index contributed by atoms with van der Waals surface area (Å²) in [7, 11) is 0. The Kier molecular flexibility index (Phi) is 4.71. The average Bonchev–Trinajstić information content (AvgIpc) is 2.59. The topological polar surface area (TPSA) is 49.4 Å². The highest BCUT2D eigenvalue weighted by Crippen LogP contribution is 2.35. The quantitative estimate of drug-likeness (QED) is 0.868. The Balaban J connectivity index is 1.92. The molecule has 2 aromatic rings. The Bertz CT molecular complexity index is 862. The third-order valence-electron chi connectivity index (χ3n) is 4.20. The monoisotopic (exact) mass is 362 g/mol. The summed E-state index contributed by atoms with van der Waals surface area (Å²) < 4.78 is 38.7. The second-order valence-corrected chi connectivity index (χ2v) is 6.16. The van der Waals surface area contributed by atoms with Crippen LogP contribution in [0.2, 0.25) is 0 Å². The average molecular weight is 362 g/mol. The molecular formula is C19H17F3N2O2. The molecule has 2 amide bonds. The molecule has 2 aromatic carbocycles. The van der Waals surface area contributed by atoms with E-state index >= 15 is 0 Å². The largest absolute Gasteiger partial charge is 0.416 e. The van der Waals surface area contributed by atoms with Crippen LogP contribution in [0.3, 0.4) is 0 Å². The van der Waals surface area contributed by atoms with Crippen molar-refractivity contribution < 1.29 is 22.8 Å². The van der Waals surface area contributed by atoms with Gasteiger partial charge in [0.15, 0.2) is 0 Å². The van der Waals surface area contributed by atoms with Crippen molar-refractivity contribution in [2.75, 3.05) is 16.8 Å². The molecule has 0 aromatic heterocycles. The summed E-state index contributed by atoms with van der Waals surface area (Å²) in [6, 6.07) is 9.95. The second-order valence-electron chi connectivity index (χ2n) is 6.16. The number of fused-ring (bicyclic) bond motifs is 1. The molecule has 1 heterocycles. The summed E-state index contributed by atoms with van der Waals surface area (Å²) in [6.07, 6.45) is -3.32. The molecule has 1 aliphatic heterocycles. The lowest BCUT2D eigenvalue weighted by atomic mass is 9.98. The minimum atomic E-state index is -4.41. The number of carbonyl (C=O) groups excluding carboxylic acids is 2. The predicted molar refractivity (Wildman–Crippen MR) is 92.2 cm³/mol. The van der Waals surface area contributed by atoms with E-state index in [1.165, 1.54) is 17.9 Å². The minimum Gasteiger partial charge on any atom is -0.326 e. The standard InChI is InChI=1S/C19H17F3N2O2/c1-12(25)23-16-6-2-4-14(11-16)18(26)24-9-3-5-13-10-15(19(20,21)22)7-8-17(13)24/h2,4,6-8,10-11H,3,5,9H2,1H3,(H,23,25). The number of carbonyl (C=O) groups is 2. The molecule has 0 atom stereocenters. The number of anilines is 2. The number of benzene rings is 2. The lowest BCUT2D eigenvalue weighted by Gasteiger charge is -2.30. The molecule has 0 fully saturated rings. The van der Waals surface area contributed by atoms with Gasteiger partial charge in [-0.2, -0.15) is 13.2 Å². The Morgan fingerprint density at radius 2 is 1.88 bits per heavy atom. The van der Waals surface area contributed by atoms with Crippen molar-refractivity contribution in [3.8, 4) is 0 Å². The lowest BCUT2D eigenvalue weighted by molar-refractivity contribution is -0.137. The highest BCUT2D eigenvalue weighted by Gasteiger charge is 2.32. The van der Waals surface area contributed by atoms with Crippen LogP contribution in [0.15, 0.2) is 42.5 Å². The van der Waals surface area contributed by atoms with Crippen LogP contribution in [-0.2, 0) is 17.4 Å². The molecular weight excluding hydrogens is 345 g/mol. The molecule has 0 saturated carbocycles. The highest BCUT2D eigenvalue weighted by molar-refractivity contribution is 6.07. The summed E-state index contributed by atoms with van der Waals surface area (Å²) >= 11 is 0. The van der Waals surface area contributed by atoms with E-state index in [9.17, 15) is 22.8 Å². The number of nitrogens with zero attached hydrogens (tertiary/aromatic N) is 1. The number of alkyl halides is 3. The first-order valence-electron chi connectivity index (χ1n) is 8.15. The van der Waals surface area contributed by atoms with E-state index < -0.39 is 11.7 Å². The van der Waals surface area contributed by atoms with Crippen LogP contribution >= 0.6 is 0 Å². The van der Waals surface area contributed by atoms with Crippen LogP contribution in [0, 0.1) is 0 Å². The molecule has 0 saturated heterocycles. The van der Waals surface area contributed by atoms with Crippen molar-refractivity contribution in [1.82, 2.24) is 0 Å². The highest BCUT2D eigenvalue weighted by atomic mass is 19.4. The van der Waals surface area contributed by atoms with Crippen molar-refractivity contribution in [2.24, 2.45) is 0 Å². The number of nitrogens with one attached hydrogen (secondary N) is 1. The summed E-state index contributed by atoms with van der Waals surface area (Å²) in [5, 5.41) is 2.61. The number of halogens is 3. The normalized spacial score (nSPS) is 13.9. The van der Waals surface area contributed by atoms with Gasteiger partial charge >= 0.3 is 6.18 Å². The van der Waals surface area contributed by atoms with Gasteiger partial charge in [0.1, 0.15) is 0 Å². The molecule has 1 aliphatic rings. The van der Waals surface area contributed by atoms with Crippen LogP contribution in [0.4, 0.5) is 24.5 Å². The molecule has 7 heteroatoms. The van der Waals surface area contributed by atoms with E-state index in [1.807, 2.05) is 0 Å². The maximum atomic E-state index is 12.9. The molecule has 0 unspecified atom stereocenters. The maximum Gasteiger partial charge on any atom is 0.416 e. The Hall–Kier alpha value is -2.83. The zero-order valence-corrected chi connectivity index (χ0v) is 14.1. The lowest BCUT2D eigenvalue weighted by Crippen LogP contribution is -2.35. The van der Waals surface area contributed by atoms with Crippen LogP contribution in [-0.4, -0.2) is 18.4 Å². The molecule has 0 radical (unpaired) electrons. The molecule has 0 bridgehead atoms. The maximum absolute atomic E-state index is 12.9. The summed E-state index contributed by atoms with van der Waals surface area (Å²) in [6.45, 7) is 1.80. The van der Waals surface area contributed by atoms with Crippen LogP contribution in [0.5, 0.6) is 0 Å². The summed E-state index contributed by atoms with van der Waals surface area (Å²) in [5.74, 6) is -0.560. The van der Waals surface area contributed by atoms with Gasteiger partial charge in [-0.05, 0) is 54.8 Å². The van der Waals surface area contributed by atoms with Gasteiger partial charge < -0.3 is 10.2 Å². The molecule has 1 N–H and O–H groups in total. The van der Waals surface area contributed by atoms with Crippen molar-refractivity contribution in [2.45, 2.75) is 25.9 Å². The fourth-order valence-corrected chi connectivity index (χ4v) is 3.07. The number of rotatable bonds is 2. The van der Waals surface area contributed by atoms with Gasteiger partial charge in [0, 0.05) is 30.4 Å². The van der Waals surface area contributed by atoms with E-state index in [-0.39, 0.29) is 11.8 Å².